The molecule has 1 aromatic carbocycles. The van der Waals surface area contributed by atoms with Crippen molar-refractivity contribution >= 4 is 46.5 Å². The monoisotopic (exact) mass is 366 g/mol. The number of rotatable bonds is 6. The first kappa shape index (κ1) is 18.5. The van der Waals surface area contributed by atoms with E-state index in [1.807, 2.05) is 13.8 Å². The molecule has 0 aliphatic carbocycles. The lowest BCUT2D eigenvalue weighted by Gasteiger charge is -2.14. The zero-order valence-corrected chi connectivity index (χ0v) is 15.1. The van der Waals surface area contributed by atoms with Crippen molar-refractivity contribution in [2.75, 3.05) is 13.1 Å². The molecule has 0 spiro atoms. The van der Waals surface area contributed by atoms with Crippen molar-refractivity contribution in [2.24, 2.45) is 5.92 Å². The Morgan fingerprint density at radius 3 is 2.62 bits per heavy atom. The molecular weight excluding hydrogens is 348 g/mol. The van der Waals surface area contributed by atoms with E-state index in [-0.39, 0.29) is 36.1 Å². The Labute approximate surface area is 150 Å². The predicted molar refractivity (Wildman–Crippen MR) is 96.6 cm³/mol. The Kier molecular flexibility index (Phi) is 6.45. The van der Waals surface area contributed by atoms with Crippen LogP contribution in [0.1, 0.15) is 25.8 Å². The van der Waals surface area contributed by atoms with Crippen LogP contribution in [0, 0.1) is 5.92 Å². The number of imide groups is 1. The zero-order valence-electron chi connectivity index (χ0n) is 13.5. The third-order valence-electron chi connectivity index (χ3n) is 3.74. The average molecular weight is 367 g/mol. The Bertz CT molecular complexity index is 673. The minimum atomic E-state index is -0.335. The fourth-order valence-corrected chi connectivity index (χ4v) is 3.04. The summed E-state index contributed by atoms with van der Waals surface area (Å²) in [5.74, 6) is -0.483. The summed E-state index contributed by atoms with van der Waals surface area (Å²) >= 11 is 6.73. The van der Waals surface area contributed by atoms with Gasteiger partial charge in [0.2, 0.25) is 5.91 Å². The molecule has 0 bridgehead atoms. The summed E-state index contributed by atoms with van der Waals surface area (Å²) in [6, 6.07) is 7.01. The number of carbonyl (C=O) groups excluding carboxylic acids is 3. The van der Waals surface area contributed by atoms with Crippen molar-refractivity contribution in [1.29, 1.82) is 0 Å². The first-order chi connectivity index (χ1) is 11.4. The lowest BCUT2D eigenvalue weighted by atomic mass is 10.1. The van der Waals surface area contributed by atoms with Crippen molar-refractivity contribution in [1.82, 2.24) is 10.2 Å². The van der Waals surface area contributed by atoms with Crippen LogP contribution >= 0.6 is 23.4 Å². The SMILES string of the molecule is CC[C@@H](C)C(=O)NCCN1C(=O)S/C(=C/c2ccc(Cl)cc2)C1=O. The Hall–Kier alpha value is -1.79. The molecule has 5 nitrogen and oxygen atoms in total. The van der Waals surface area contributed by atoms with Gasteiger partial charge in [0.1, 0.15) is 0 Å². The van der Waals surface area contributed by atoms with Crippen LogP contribution in [-0.4, -0.2) is 35.0 Å². The topological polar surface area (TPSA) is 66.5 Å². The third kappa shape index (κ3) is 4.61. The molecule has 128 valence electrons. The summed E-state index contributed by atoms with van der Waals surface area (Å²) in [5.41, 5.74) is 0.801. The summed E-state index contributed by atoms with van der Waals surface area (Å²) in [4.78, 5) is 37.6. The van der Waals surface area contributed by atoms with Crippen molar-refractivity contribution < 1.29 is 14.4 Å². The van der Waals surface area contributed by atoms with Gasteiger partial charge in [0, 0.05) is 24.0 Å². The number of carbonyl (C=O) groups is 3. The van der Waals surface area contributed by atoms with E-state index in [4.69, 9.17) is 11.6 Å². The molecule has 1 aliphatic heterocycles. The van der Waals surface area contributed by atoms with Crippen LogP contribution in [0.4, 0.5) is 4.79 Å². The van der Waals surface area contributed by atoms with E-state index in [1.165, 1.54) is 0 Å². The van der Waals surface area contributed by atoms with Crippen LogP contribution in [-0.2, 0) is 9.59 Å². The maximum absolute atomic E-state index is 12.3. The highest BCUT2D eigenvalue weighted by Crippen LogP contribution is 2.32. The average Bonchev–Trinajstić information content (AvgIpc) is 2.83. The van der Waals surface area contributed by atoms with E-state index < -0.39 is 0 Å². The van der Waals surface area contributed by atoms with Crippen LogP contribution in [0.3, 0.4) is 0 Å². The molecular formula is C17H19ClN2O3S. The number of amides is 3. The quantitative estimate of drug-likeness (QED) is 0.782. The number of benzene rings is 1. The Morgan fingerprint density at radius 1 is 1.33 bits per heavy atom. The second-order valence-electron chi connectivity index (χ2n) is 5.49. The molecule has 1 aromatic rings. The van der Waals surface area contributed by atoms with E-state index in [0.717, 1.165) is 28.6 Å². The standard InChI is InChI=1S/C17H19ClN2O3S/c1-3-11(2)15(21)19-8-9-20-16(22)14(24-17(20)23)10-12-4-6-13(18)7-5-12/h4-7,10-11H,3,8-9H2,1-2H3,(H,19,21)/b14-10+/t11-/m1/s1. The summed E-state index contributed by atoms with van der Waals surface area (Å²) in [6.45, 7) is 4.20. The van der Waals surface area contributed by atoms with Crippen molar-refractivity contribution in [2.45, 2.75) is 20.3 Å². The number of hydrogen-bond acceptors (Lipinski definition) is 4. The molecule has 2 rings (SSSR count). The molecule has 1 saturated heterocycles. The van der Waals surface area contributed by atoms with Gasteiger partial charge in [-0.1, -0.05) is 37.6 Å². The second-order valence-corrected chi connectivity index (χ2v) is 6.91. The van der Waals surface area contributed by atoms with Gasteiger partial charge in [0.25, 0.3) is 11.1 Å². The van der Waals surface area contributed by atoms with Gasteiger partial charge in [-0.2, -0.15) is 0 Å². The molecule has 24 heavy (non-hydrogen) atoms. The van der Waals surface area contributed by atoms with Gasteiger partial charge in [0.15, 0.2) is 0 Å². The number of hydrogen-bond donors (Lipinski definition) is 1. The van der Waals surface area contributed by atoms with E-state index >= 15 is 0 Å². The highest BCUT2D eigenvalue weighted by atomic mass is 35.5. The third-order valence-corrected chi connectivity index (χ3v) is 4.90. The van der Waals surface area contributed by atoms with Gasteiger partial charge in [-0.05, 0) is 42.0 Å². The van der Waals surface area contributed by atoms with Crippen molar-refractivity contribution in [3.63, 3.8) is 0 Å². The molecule has 1 N–H and O–H groups in total. The molecule has 0 aromatic heterocycles. The molecule has 0 saturated carbocycles. The maximum atomic E-state index is 12.3. The van der Waals surface area contributed by atoms with Crippen LogP contribution in [0.2, 0.25) is 5.02 Å². The first-order valence-corrected chi connectivity index (χ1v) is 8.90. The second kappa shape index (κ2) is 8.35. The molecule has 1 heterocycles. The zero-order chi connectivity index (χ0) is 17.7. The van der Waals surface area contributed by atoms with Gasteiger partial charge in [-0.3, -0.25) is 19.3 Å². The highest BCUT2D eigenvalue weighted by molar-refractivity contribution is 8.18. The molecule has 0 unspecified atom stereocenters. The highest BCUT2D eigenvalue weighted by Gasteiger charge is 2.34. The molecule has 1 fully saturated rings. The molecule has 1 aliphatic rings. The largest absolute Gasteiger partial charge is 0.354 e. The maximum Gasteiger partial charge on any atom is 0.293 e. The molecule has 7 heteroatoms. The van der Waals surface area contributed by atoms with E-state index in [0.29, 0.717) is 9.93 Å². The summed E-state index contributed by atoms with van der Waals surface area (Å²) in [5, 5.41) is 3.03. The van der Waals surface area contributed by atoms with Gasteiger partial charge in [-0.25, -0.2) is 0 Å². The normalized spacial score (nSPS) is 17.5. The summed E-state index contributed by atoms with van der Waals surface area (Å²) in [6.07, 6.45) is 2.41. The number of halogens is 1. The number of nitrogens with one attached hydrogen (secondary N) is 1. The number of nitrogens with zero attached hydrogens (tertiary/aromatic N) is 1. The lowest BCUT2D eigenvalue weighted by Crippen LogP contribution is -2.38. The van der Waals surface area contributed by atoms with Crippen LogP contribution < -0.4 is 5.32 Å². The predicted octanol–water partition coefficient (Wildman–Crippen LogP) is 3.54. The minimum Gasteiger partial charge on any atom is -0.354 e. The lowest BCUT2D eigenvalue weighted by molar-refractivity contribution is -0.126. The van der Waals surface area contributed by atoms with Gasteiger partial charge >= 0.3 is 0 Å². The fraction of sp³-hybridized carbons (Fsp3) is 0.353. The molecule has 3 amide bonds. The van der Waals surface area contributed by atoms with E-state index in [1.54, 1.807) is 30.3 Å². The molecule has 0 radical (unpaired) electrons. The fourth-order valence-electron chi connectivity index (χ4n) is 2.05. The number of thioether (sulfide) groups is 1. The Balaban J connectivity index is 1.96. The van der Waals surface area contributed by atoms with Crippen molar-refractivity contribution in [3.05, 3.63) is 39.8 Å². The van der Waals surface area contributed by atoms with Crippen molar-refractivity contribution in [3.8, 4) is 0 Å². The minimum absolute atomic E-state index is 0.0684. The molecule has 1 atom stereocenters. The van der Waals surface area contributed by atoms with Crippen LogP contribution in [0.25, 0.3) is 6.08 Å². The van der Waals surface area contributed by atoms with Gasteiger partial charge in [-0.15, -0.1) is 0 Å². The Morgan fingerprint density at radius 2 is 2.00 bits per heavy atom. The first-order valence-electron chi connectivity index (χ1n) is 7.71. The smallest absolute Gasteiger partial charge is 0.293 e. The van der Waals surface area contributed by atoms with E-state index in [9.17, 15) is 14.4 Å². The van der Waals surface area contributed by atoms with Crippen LogP contribution in [0.15, 0.2) is 29.2 Å². The van der Waals surface area contributed by atoms with Gasteiger partial charge < -0.3 is 5.32 Å². The summed E-state index contributed by atoms with van der Waals surface area (Å²) in [7, 11) is 0. The van der Waals surface area contributed by atoms with E-state index in [2.05, 4.69) is 5.32 Å². The van der Waals surface area contributed by atoms with Gasteiger partial charge in [0.05, 0.1) is 4.91 Å². The summed E-state index contributed by atoms with van der Waals surface area (Å²) < 4.78 is 0. The van der Waals surface area contributed by atoms with Crippen LogP contribution in [0.5, 0.6) is 0 Å².